The summed E-state index contributed by atoms with van der Waals surface area (Å²) in [5, 5.41) is 9.57. The first kappa shape index (κ1) is 11.0. The van der Waals surface area contributed by atoms with Gasteiger partial charge in [-0.15, -0.1) is 0 Å². The molecule has 1 atom stereocenters. The number of nitrogens with two attached hydrogens (primary N) is 1. The minimum absolute atomic E-state index is 0.0307. The highest BCUT2D eigenvalue weighted by Crippen LogP contribution is 2.17. The Labute approximate surface area is 94.7 Å². The van der Waals surface area contributed by atoms with Crippen LogP contribution in [0.15, 0.2) is 24.3 Å². The van der Waals surface area contributed by atoms with Gasteiger partial charge < -0.3 is 15.7 Å². The number of aromatic hydroxyl groups is 1. The minimum atomic E-state index is -0.0307. The van der Waals surface area contributed by atoms with E-state index in [-0.39, 0.29) is 11.9 Å². The molecular weight excluding hydrogens is 204 g/mol. The van der Waals surface area contributed by atoms with Crippen molar-refractivity contribution >= 4 is 5.91 Å². The highest BCUT2D eigenvalue weighted by atomic mass is 16.3. The van der Waals surface area contributed by atoms with Gasteiger partial charge in [-0.2, -0.15) is 0 Å². The fourth-order valence-electron chi connectivity index (χ4n) is 2.00. The Morgan fingerprint density at radius 1 is 1.44 bits per heavy atom. The first-order valence-corrected chi connectivity index (χ1v) is 5.47. The number of benzene rings is 1. The highest BCUT2D eigenvalue weighted by molar-refractivity contribution is 5.79. The summed E-state index contributed by atoms with van der Waals surface area (Å²) in [7, 11) is 0. The van der Waals surface area contributed by atoms with Crippen molar-refractivity contribution in [3.05, 3.63) is 29.8 Å². The number of nitrogens with zero attached hydrogens (tertiary/aromatic N) is 1. The van der Waals surface area contributed by atoms with Crippen molar-refractivity contribution in [1.29, 1.82) is 0 Å². The van der Waals surface area contributed by atoms with Gasteiger partial charge in [-0.3, -0.25) is 4.79 Å². The Bertz CT molecular complexity index is 392. The monoisotopic (exact) mass is 220 g/mol. The summed E-state index contributed by atoms with van der Waals surface area (Å²) in [6, 6.07) is 7.17. The molecule has 16 heavy (non-hydrogen) atoms. The Morgan fingerprint density at radius 2 is 2.19 bits per heavy atom. The third-order valence-electron chi connectivity index (χ3n) is 2.89. The Morgan fingerprint density at radius 3 is 2.81 bits per heavy atom. The summed E-state index contributed by atoms with van der Waals surface area (Å²) in [4.78, 5) is 13.2. The molecule has 1 fully saturated rings. The molecule has 0 aromatic heterocycles. The maximum absolute atomic E-state index is 11.5. The molecule has 0 aliphatic carbocycles. The maximum atomic E-state index is 11.5. The standard InChI is InChI=1S/C12H16N2O2/c13-10-7-12(16)14(8-10)6-5-9-3-1-2-4-11(9)15/h1-4,10,15H,5-8,13H2. The number of amides is 1. The molecule has 1 heterocycles. The van der Waals surface area contributed by atoms with E-state index in [2.05, 4.69) is 0 Å². The minimum Gasteiger partial charge on any atom is -0.508 e. The number of hydrogen-bond donors (Lipinski definition) is 2. The van der Waals surface area contributed by atoms with E-state index in [1.165, 1.54) is 0 Å². The van der Waals surface area contributed by atoms with Crippen molar-refractivity contribution in [1.82, 2.24) is 4.90 Å². The fraction of sp³-hybridized carbons (Fsp3) is 0.417. The second-order valence-electron chi connectivity index (χ2n) is 4.18. The number of likely N-dealkylation sites (tertiary alicyclic amines) is 1. The lowest BCUT2D eigenvalue weighted by Crippen LogP contribution is -2.30. The second-order valence-corrected chi connectivity index (χ2v) is 4.18. The average molecular weight is 220 g/mol. The molecule has 1 aromatic rings. The molecule has 1 amide bonds. The SMILES string of the molecule is NC1CC(=O)N(CCc2ccccc2O)C1. The van der Waals surface area contributed by atoms with E-state index in [0.29, 0.717) is 31.7 Å². The predicted molar refractivity (Wildman–Crippen MR) is 61.0 cm³/mol. The molecule has 1 aliphatic heterocycles. The van der Waals surface area contributed by atoms with Crippen LogP contribution in [0.2, 0.25) is 0 Å². The topological polar surface area (TPSA) is 66.6 Å². The Kier molecular flexibility index (Phi) is 3.10. The number of para-hydroxylation sites is 1. The van der Waals surface area contributed by atoms with E-state index in [0.717, 1.165) is 5.56 Å². The van der Waals surface area contributed by atoms with Crippen LogP contribution in [-0.2, 0) is 11.2 Å². The van der Waals surface area contributed by atoms with Gasteiger partial charge in [0, 0.05) is 25.6 Å². The van der Waals surface area contributed by atoms with Crippen LogP contribution in [0, 0.1) is 0 Å². The van der Waals surface area contributed by atoms with Crippen LogP contribution in [0.3, 0.4) is 0 Å². The van der Waals surface area contributed by atoms with Gasteiger partial charge in [0.2, 0.25) is 5.91 Å². The lowest BCUT2D eigenvalue weighted by molar-refractivity contribution is -0.127. The zero-order valence-corrected chi connectivity index (χ0v) is 9.10. The van der Waals surface area contributed by atoms with Crippen LogP contribution in [-0.4, -0.2) is 35.0 Å². The molecule has 86 valence electrons. The van der Waals surface area contributed by atoms with E-state index in [1.54, 1.807) is 17.0 Å². The lowest BCUT2D eigenvalue weighted by atomic mass is 10.1. The molecular formula is C12H16N2O2. The molecule has 1 unspecified atom stereocenters. The van der Waals surface area contributed by atoms with Crippen molar-refractivity contribution in [2.75, 3.05) is 13.1 Å². The van der Waals surface area contributed by atoms with Crippen LogP contribution < -0.4 is 5.73 Å². The van der Waals surface area contributed by atoms with Crippen LogP contribution in [0.4, 0.5) is 0 Å². The third-order valence-corrected chi connectivity index (χ3v) is 2.89. The smallest absolute Gasteiger partial charge is 0.224 e. The molecule has 4 heteroatoms. The summed E-state index contributed by atoms with van der Waals surface area (Å²) in [5.41, 5.74) is 6.57. The van der Waals surface area contributed by atoms with Gasteiger partial charge in [-0.1, -0.05) is 18.2 Å². The van der Waals surface area contributed by atoms with Gasteiger partial charge in [0.25, 0.3) is 0 Å². The van der Waals surface area contributed by atoms with Crippen LogP contribution in [0.25, 0.3) is 0 Å². The summed E-state index contributed by atoms with van der Waals surface area (Å²) in [6.45, 7) is 1.26. The Hall–Kier alpha value is -1.55. The van der Waals surface area contributed by atoms with Crippen molar-refractivity contribution in [2.24, 2.45) is 5.73 Å². The fourth-order valence-corrected chi connectivity index (χ4v) is 2.00. The number of carbonyl (C=O) groups excluding carboxylic acids is 1. The zero-order chi connectivity index (χ0) is 11.5. The largest absolute Gasteiger partial charge is 0.508 e. The first-order chi connectivity index (χ1) is 7.66. The van der Waals surface area contributed by atoms with Gasteiger partial charge in [-0.25, -0.2) is 0 Å². The third kappa shape index (κ3) is 2.33. The van der Waals surface area contributed by atoms with E-state index in [1.807, 2.05) is 12.1 Å². The number of phenols is 1. The lowest BCUT2D eigenvalue weighted by Gasteiger charge is -2.16. The van der Waals surface area contributed by atoms with E-state index in [9.17, 15) is 9.90 Å². The molecule has 0 radical (unpaired) electrons. The predicted octanol–water partition coefficient (Wildman–Crippen LogP) is 0.494. The normalized spacial score (nSPS) is 20.4. The first-order valence-electron chi connectivity index (χ1n) is 5.47. The Balaban J connectivity index is 1.93. The van der Waals surface area contributed by atoms with Crippen molar-refractivity contribution in [2.45, 2.75) is 18.9 Å². The van der Waals surface area contributed by atoms with Crippen LogP contribution in [0.1, 0.15) is 12.0 Å². The molecule has 0 spiro atoms. The van der Waals surface area contributed by atoms with Gasteiger partial charge in [0.1, 0.15) is 5.75 Å². The summed E-state index contributed by atoms with van der Waals surface area (Å²) in [5.74, 6) is 0.404. The zero-order valence-electron chi connectivity index (χ0n) is 9.10. The number of hydrogen-bond acceptors (Lipinski definition) is 3. The van der Waals surface area contributed by atoms with E-state index in [4.69, 9.17) is 5.73 Å². The van der Waals surface area contributed by atoms with Crippen molar-refractivity contribution in [3.8, 4) is 5.75 Å². The van der Waals surface area contributed by atoms with Crippen LogP contribution >= 0.6 is 0 Å². The molecule has 1 aliphatic rings. The van der Waals surface area contributed by atoms with Crippen LogP contribution in [0.5, 0.6) is 5.75 Å². The molecule has 1 saturated heterocycles. The molecule has 3 N–H and O–H groups in total. The van der Waals surface area contributed by atoms with Gasteiger partial charge in [0.15, 0.2) is 0 Å². The van der Waals surface area contributed by atoms with E-state index < -0.39 is 0 Å². The summed E-state index contributed by atoms with van der Waals surface area (Å²) in [6.07, 6.45) is 1.12. The number of carbonyl (C=O) groups is 1. The molecule has 0 bridgehead atoms. The molecule has 1 aromatic carbocycles. The van der Waals surface area contributed by atoms with Crippen molar-refractivity contribution in [3.63, 3.8) is 0 Å². The van der Waals surface area contributed by atoms with Gasteiger partial charge >= 0.3 is 0 Å². The molecule has 2 rings (SSSR count). The molecule has 4 nitrogen and oxygen atoms in total. The van der Waals surface area contributed by atoms with E-state index >= 15 is 0 Å². The quantitative estimate of drug-likeness (QED) is 0.779. The highest BCUT2D eigenvalue weighted by Gasteiger charge is 2.26. The van der Waals surface area contributed by atoms with Crippen molar-refractivity contribution < 1.29 is 9.90 Å². The molecule has 0 saturated carbocycles. The summed E-state index contributed by atoms with van der Waals surface area (Å²) < 4.78 is 0. The van der Waals surface area contributed by atoms with Gasteiger partial charge in [0.05, 0.1) is 0 Å². The second kappa shape index (κ2) is 4.53. The summed E-state index contributed by atoms with van der Waals surface area (Å²) >= 11 is 0. The average Bonchev–Trinajstić information content (AvgIpc) is 2.56. The maximum Gasteiger partial charge on any atom is 0.224 e. The number of phenolic OH excluding ortho intramolecular Hbond substituents is 1. The van der Waals surface area contributed by atoms with Gasteiger partial charge in [-0.05, 0) is 18.1 Å². The number of rotatable bonds is 3.